The minimum Gasteiger partial charge on any atom is -0.465 e. The third-order valence-corrected chi connectivity index (χ3v) is 4.12. The summed E-state index contributed by atoms with van der Waals surface area (Å²) < 4.78 is 5.15. The zero-order chi connectivity index (χ0) is 15.4. The molecule has 1 saturated heterocycles. The molecule has 114 valence electrons. The third kappa shape index (κ3) is 3.25. The first-order valence-electron chi connectivity index (χ1n) is 6.96. The van der Waals surface area contributed by atoms with Crippen LogP contribution in [0.2, 0.25) is 0 Å². The Balaban J connectivity index is 1.64. The summed E-state index contributed by atoms with van der Waals surface area (Å²) in [6.07, 6.45) is 7.70. The van der Waals surface area contributed by atoms with Crippen molar-refractivity contribution in [2.45, 2.75) is 18.9 Å². The van der Waals surface area contributed by atoms with Gasteiger partial charge in [0.25, 0.3) is 0 Å². The lowest BCUT2D eigenvalue weighted by molar-refractivity contribution is -0.132. The van der Waals surface area contributed by atoms with E-state index in [-0.39, 0.29) is 11.8 Å². The lowest BCUT2D eigenvalue weighted by atomic mass is 10.2. The molecular weight excluding hydrogens is 302 g/mol. The van der Waals surface area contributed by atoms with Crippen molar-refractivity contribution in [2.24, 2.45) is 0 Å². The molecule has 2 aromatic rings. The molecule has 1 fully saturated rings. The van der Waals surface area contributed by atoms with E-state index in [1.165, 1.54) is 17.4 Å². The molecule has 2 aromatic heterocycles. The molecule has 1 atom stereocenters. The van der Waals surface area contributed by atoms with E-state index in [9.17, 15) is 9.59 Å². The van der Waals surface area contributed by atoms with Gasteiger partial charge < -0.3 is 14.6 Å². The summed E-state index contributed by atoms with van der Waals surface area (Å²) in [6.45, 7) is 0.581. The topological polar surface area (TPSA) is 75.4 Å². The average molecular weight is 317 g/mol. The maximum atomic E-state index is 12.3. The highest BCUT2D eigenvalue weighted by Crippen LogP contribution is 2.20. The fraction of sp³-hybridized carbons (Fsp3) is 0.267. The molecule has 6 nitrogen and oxygen atoms in total. The van der Waals surface area contributed by atoms with Gasteiger partial charge in [0.15, 0.2) is 5.13 Å². The summed E-state index contributed by atoms with van der Waals surface area (Å²) in [7, 11) is 0. The monoisotopic (exact) mass is 317 g/mol. The predicted octanol–water partition coefficient (Wildman–Crippen LogP) is 2.38. The first-order chi connectivity index (χ1) is 10.7. The van der Waals surface area contributed by atoms with Crippen molar-refractivity contribution in [3.8, 4) is 0 Å². The number of nitrogens with zero attached hydrogens (tertiary/aromatic N) is 2. The second-order valence-electron chi connectivity index (χ2n) is 4.86. The number of anilines is 1. The summed E-state index contributed by atoms with van der Waals surface area (Å²) in [4.78, 5) is 30.2. The number of carbonyl (C=O) groups is 2. The molecule has 0 saturated carbocycles. The van der Waals surface area contributed by atoms with Crippen LogP contribution in [0, 0.1) is 0 Å². The Morgan fingerprint density at radius 1 is 1.50 bits per heavy atom. The number of amides is 2. The predicted molar refractivity (Wildman–Crippen MR) is 83.2 cm³/mol. The molecule has 3 heterocycles. The van der Waals surface area contributed by atoms with Gasteiger partial charge in [-0.05, 0) is 31.1 Å². The third-order valence-electron chi connectivity index (χ3n) is 3.43. The summed E-state index contributed by atoms with van der Waals surface area (Å²) in [5.74, 6) is 0.233. The number of aromatic nitrogens is 1. The van der Waals surface area contributed by atoms with Crippen molar-refractivity contribution in [1.82, 2.24) is 9.88 Å². The highest BCUT2D eigenvalue weighted by molar-refractivity contribution is 7.13. The van der Waals surface area contributed by atoms with Crippen LogP contribution in [0.25, 0.3) is 6.08 Å². The van der Waals surface area contributed by atoms with Crippen molar-refractivity contribution in [3.63, 3.8) is 0 Å². The Morgan fingerprint density at radius 2 is 2.41 bits per heavy atom. The van der Waals surface area contributed by atoms with Crippen LogP contribution < -0.4 is 5.32 Å². The number of nitrogens with one attached hydrogen (secondary N) is 1. The highest BCUT2D eigenvalue weighted by Gasteiger charge is 2.33. The van der Waals surface area contributed by atoms with E-state index in [1.807, 2.05) is 0 Å². The summed E-state index contributed by atoms with van der Waals surface area (Å²) in [5, 5.41) is 5.09. The number of rotatable bonds is 4. The van der Waals surface area contributed by atoms with Gasteiger partial charge in [0.05, 0.1) is 6.26 Å². The van der Waals surface area contributed by atoms with E-state index in [0.717, 1.165) is 6.42 Å². The molecular formula is C15H15N3O3S. The van der Waals surface area contributed by atoms with Crippen molar-refractivity contribution in [3.05, 3.63) is 41.8 Å². The minimum atomic E-state index is -0.447. The van der Waals surface area contributed by atoms with E-state index in [2.05, 4.69) is 10.3 Å². The van der Waals surface area contributed by atoms with E-state index in [0.29, 0.717) is 23.9 Å². The number of thiazole rings is 1. The van der Waals surface area contributed by atoms with Crippen LogP contribution in [0.1, 0.15) is 18.6 Å². The molecule has 2 amide bonds. The van der Waals surface area contributed by atoms with E-state index < -0.39 is 6.04 Å². The maximum absolute atomic E-state index is 12.3. The summed E-state index contributed by atoms with van der Waals surface area (Å²) in [6, 6.07) is 3.07. The zero-order valence-corrected chi connectivity index (χ0v) is 12.6. The fourth-order valence-electron chi connectivity index (χ4n) is 2.41. The van der Waals surface area contributed by atoms with E-state index in [1.54, 1.807) is 40.9 Å². The second-order valence-corrected chi connectivity index (χ2v) is 5.76. The number of furan rings is 1. The molecule has 1 N–H and O–H groups in total. The Morgan fingerprint density at radius 3 is 3.14 bits per heavy atom. The molecule has 0 aromatic carbocycles. The normalized spacial score (nSPS) is 18.0. The molecule has 22 heavy (non-hydrogen) atoms. The molecule has 1 aliphatic rings. The van der Waals surface area contributed by atoms with Crippen molar-refractivity contribution >= 4 is 34.4 Å². The number of likely N-dealkylation sites (tertiary alicyclic amines) is 1. The van der Waals surface area contributed by atoms with Gasteiger partial charge in [-0.25, -0.2) is 4.98 Å². The van der Waals surface area contributed by atoms with Gasteiger partial charge in [-0.15, -0.1) is 11.3 Å². The van der Waals surface area contributed by atoms with Crippen molar-refractivity contribution < 1.29 is 14.0 Å². The van der Waals surface area contributed by atoms with Crippen molar-refractivity contribution in [2.75, 3.05) is 11.9 Å². The van der Waals surface area contributed by atoms with Crippen LogP contribution >= 0.6 is 11.3 Å². The first kappa shape index (κ1) is 14.5. The van der Waals surface area contributed by atoms with E-state index >= 15 is 0 Å². The Kier molecular flexibility index (Phi) is 4.34. The summed E-state index contributed by atoms with van der Waals surface area (Å²) >= 11 is 1.36. The van der Waals surface area contributed by atoms with Crippen LogP contribution in [0.5, 0.6) is 0 Å². The Bertz CT molecular complexity index is 664. The maximum Gasteiger partial charge on any atom is 0.248 e. The smallest absolute Gasteiger partial charge is 0.248 e. The quantitative estimate of drug-likeness (QED) is 0.879. The SMILES string of the molecule is O=C(Nc1nccs1)C1CCCN1C(=O)/C=C/c1ccco1. The lowest BCUT2D eigenvalue weighted by Crippen LogP contribution is -2.42. The first-order valence-corrected chi connectivity index (χ1v) is 7.84. The Labute approximate surface area is 131 Å². The summed E-state index contributed by atoms with van der Waals surface area (Å²) in [5.41, 5.74) is 0. The second kappa shape index (κ2) is 6.57. The van der Waals surface area contributed by atoms with Gasteiger partial charge in [0, 0.05) is 24.2 Å². The lowest BCUT2D eigenvalue weighted by Gasteiger charge is -2.22. The molecule has 1 unspecified atom stereocenters. The molecule has 7 heteroatoms. The van der Waals surface area contributed by atoms with Crippen LogP contribution in [0.4, 0.5) is 5.13 Å². The van der Waals surface area contributed by atoms with Crippen LogP contribution in [0.3, 0.4) is 0 Å². The molecule has 0 spiro atoms. The molecule has 0 bridgehead atoms. The molecule has 3 rings (SSSR count). The molecule has 1 aliphatic heterocycles. The van der Waals surface area contributed by atoms with Gasteiger partial charge >= 0.3 is 0 Å². The minimum absolute atomic E-state index is 0.187. The number of hydrogen-bond acceptors (Lipinski definition) is 5. The van der Waals surface area contributed by atoms with Crippen LogP contribution in [0.15, 0.2) is 40.5 Å². The standard InChI is InChI=1S/C15H15N3O3S/c19-13(6-5-11-3-2-9-21-11)18-8-1-4-12(18)14(20)17-15-16-7-10-22-15/h2-3,5-7,9-10,12H,1,4,8H2,(H,16,17,20)/b6-5+. The Hall–Kier alpha value is -2.41. The molecule has 0 aliphatic carbocycles. The van der Waals surface area contributed by atoms with E-state index in [4.69, 9.17) is 4.42 Å². The zero-order valence-electron chi connectivity index (χ0n) is 11.8. The molecule has 0 radical (unpaired) electrons. The van der Waals surface area contributed by atoms with Gasteiger partial charge in [0.1, 0.15) is 11.8 Å². The number of hydrogen-bond donors (Lipinski definition) is 1. The van der Waals surface area contributed by atoms with Gasteiger partial charge in [0.2, 0.25) is 11.8 Å². The van der Waals surface area contributed by atoms with Crippen molar-refractivity contribution in [1.29, 1.82) is 0 Å². The number of carbonyl (C=O) groups excluding carboxylic acids is 2. The largest absolute Gasteiger partial charge is 0.465 e. The van der Waals surface area contributed by atoms with Gasteiger partial charge in [-0.3, -0.25) is 9.59 Å². The van der Waals surface area contributed by atoms with Crippen LogP contribution in [-0.2, 0) is 9.59 Å². The van der Waals surface area contributed by atoms with Crippen LogP contribution in [-0.4, -0.2) is 34.3 Å². The highest BCUT2D eigenvalue weighted by atomic mass is 32.1. The average Bonchev–Trinajstić information content (AvgIpc) is 3.25. The van der Waals surface area contributed by atoms with Gasteiger partial charge in [-0.1, -0.05) is 0 Å². The van der Waals surface area contributed by atoms with Gasteiger partial charge in [-0.2, -0.15) is 0 Å². The fourth-order valence-corrected chi connectivity index (χ4v) is 2.94.